The van der Waals surface area contributed by atoms with E-state index in [1.54, 1.807) is 0 Å². The van der Waals surface area contributed by atoms with Crippen LogP contribution in [0.25, 0.3) is 0 Å². The number of sulfone groups is 1. The lowest BCUT2D eigenvalue weighted by atomic mass is 10.4. The average Bonchev–Trinajstić information content (AvgIpc) is 1.80. The first-order valence-corrected chi connectivity index (χ1v) is 5.61. The summed E-state index contributed by atoms with van der Waals surface area (Å²) >= 11 is 5.60. The van der Waals surface area contributed by atoms with Gasteiger partial charge in [-0.2, -0.15) is 4.39 Å². The van der Waals surface area contributed by atoms with Gasteiger partial charge >= 0.3 is 0 Å². The highest BCUT2D eigenvalue weighted by Crippen LogP contribution is 2.22. The minimum Gasteiger partial charge on any atom is -0.324 e. The van der Waals surface area contributed by atoms with E-state index in [1.807, 2.05) is 0 Å². The molecule has 4 nitrogen and oxygen atoms in total. The van der Waals surface area contributed by atoms with Crippen LogP contribution in [-0.4, -0.2) is 26.0 Å². The molecule has 0 saturated carbocycles. The molecule has 1 N–H and O–H groups in total. The molecule has 0 aromatic heterocycles. The topological polar surface area (TPSA) is 58.5 Å². The highest BCUT2D eigenvalue weighted by molar-refractivity contribution is 7.95. The maximum absolute atomic E-state index is 13.1. The van der Waals surface area contributed by atoms with Crippen molar-refractivity contribution in [2.75, 3.05) is 6.26 Å². The van der Waals surface area contributed by atoms with Crippen LogP contribution >= 0.6 is 11.6 Å². The van der Waals surface area contributed by atoms with Crippen LogP contribution in [0.1, 0.15) is 6.92 Å². The monoisotopic (exact) mass is 226 g/mol. The molecule has 13 heavy (non-hydrogen) atoms. The zero-order valence-corrected chi connectivity index (χ0v) is 8.58. The second kappa shape index (κ2) is 2.95. The van der Waals surface area contributed by atoms with Crippen molar-refractivity contribution in [3.63, 3.8) is 0 Å². The molecule has 1 aliphatic heterocycles. The predicted octanol–water partition coefficient (Wildman–Crippen LogP) is 0.756. The zero-order chi connectivity index (χ0) is 10.3. The van der Waals surface area contributed by atoms with Crippen molar-refractivity contribution in [3.8, 4) is 0 Å². The smallest absolute Gasteiger partial charge is 0.210 e. The molecule has 0 radical (unpaired) electrons. The Labute approximate surface area is 80.4 Å². The van der Waals surface area contributed by atoms with Gasteiger partial charge in [-0.3, -0.25) is 0 Å². The van der Waals surface area contributed by atoms with Crippen molar-refractivity contribution in [2.24, 2.45) is 4.99 Å². The van der Waals surface area contributed by atoms with Crippen molar-refractivity contribution in [3.05, 3.63) is 10.9 Å². The van der Waals surface area contributed by atoms with Crippen molar-refractivity contribution >= 4 is 27.7 Å². The van der Waals surface area contributed by atoms with Gasteiger partial charge in [-0.05, 0) is 6.92 Å². The van der Waals surface area contributed by atoms with Crippen LogP contribution in [0.5, 0.6) is 0 Å². The van der Waals surface area contributed by atoms with Gasteiger partial charge in [0.15, 0.2) is 9.84 Å². The Morgan fingerprint density at radius 3 is 2.62 bits per heavy atom. The number of nitrogens with zero attached hydrogens (tertiary/aromatic N) is 1. The van der Waals surface area contributed by atoms with Crippen LogP contribution in [0.3, 0.4) is 0 Å². The van der Waals surface area contributed by atoms with Crippen LogP contribution in [0.15, 0.2) is 15.8 Å². The molecule has 0 bridgehead atoms. The number of hydrogen-bond donors (Lipinski definition) is 1. The Morgan fingerprint density at radius 1 is 1.69 bits per heavy atom. The average molecular weight is 227 g/mol. The van der Waals surface area contributed by atoms with Gasteiger partial charge in [-0.1, -0.05) is 11.6 Å². The number of alkyl halides is 1. The summed E-state index contributed by atoms with van der Waals surface area (Å²) in [6.07, 6.45) is 1.81. The highest BCUT2D eigenvalue weighted by Gasteiger charge is 2.28. The van der Waals surface area contributed by atoms with Crippen LogP contribution in [0, 0.1) is 0 Å². The van der Waals surface area contributed by atoms with Gasteiger partial charge in [0, 0.05) is 12.5 Å². The number of rotatable bonds is 1. The second-order valence-electron chi connectivity index (χ2n) is 2.79. The van der Waals surface area contributed by atoms with Crippen molar-refractivity contribution in [1.82, 2.24) is 5.32 Å². The SMILES string of the molecule is CC1(Cl)N=CC(S(C)(=O)=O)=C(F)N1. The van der Waals surface area contributed by atoms with Gasteiger partial charge in [0.05, 0.1) is 0 Å². The van der Waals surface area contributed by atoms with E-state index in [2.05, 4.69) is 10.3 Å². The molecule has 1 unspecified atom stereocenters. The predicted molar refractivity (Wildman–Crippen MR) is 48.9 cm³/mol. The lowest BCUT2D eigenvalue weighted by molar-refractivity contribution is 0.455. The summed E-state index contributed by atoms with van der Waals surface area (Å²) in [6.45, 7) is 1.41. The largest absolute Gasteiger partial charge is 0.324 e. The van der Waals surface area contributed by atoms with E-state index >= 15 is 0 Å². The van der Waals surface area contributed by atoms with Gasteiger partial charge in [0.25, 0.3) is 0 Å². The zero-order valence-electron chi connectivity index (χ0n) is 7.01. The summed E-state index contributed by atoms with van der Waals surface area (Å²) in [6, 6.07) is 0. The lowest BCUT2D eigenvalue weighted by Gasteiger charge is -2.23. The molecule has 0 fully saturated rings. The first kappa shape index (κ1) is 10.5. The first-order chi connectivity index (χ1) is 5.72. The molecule has 0 aromatic rings. The quantitative estimate of drug-likeness (QED) is 0.530. The fourth-order valence-electron chi connectivity index (χ4n) is 0.789. The van der Waals surface area contributed by atoms with Crippen molar-refractivity contribution in [1.29, 1.82) is 0 Å². The molecule has 0 aliphatic carbocycles. The van der Waals surface area contributed by atoms with Crippen molar-refractivity contribution < 1.29 is 12.8 Å². The minimum atomic E-state index is -3.59. The molecule has 0 saturated heterocycles. The lowest BCUT2D eigenvalue weighted by Crippen LogP contribution is -2.37. The standard InChI is InChI=1S/C6H8ClFN2O2S/c1-6(7)9-3-4(5(8)10-6)13(2,11)12/h3,10H,1-2H3. The summed E-state index contributed by atoms with van der Waals surface area (Å²) in [4.78, 5) is 3.13. The number of aliphatic imine (C=N–C) groups is 1. The third kappa shape index (κ3) is 2.41. The van der Waals surface area contributed by atoms with E-state index in [-0.39, 0.29) is 0 Å². The molecule has 1 atom stereocenters. The Hall–Kier alpha value is -0.620. The fourth-order valence-corrected chi connectivity index (χ4v) is 1.54. The minimum absolute atomic E-state index is 0.481. The van der Waals surface area contributed by atoms with E-state index < -0.39 is 25.8 Å². The highest BCUT2D eigenvalue weighted by atomic mass is 35.5. The Bertz CT molecular complexity index is 385. The molecule has 0 aromatic carbocycles. The van der Waals surface area contributed by atoms with E-state index in [9.17, 15) is 12.8 Å². The molecule has 7 heteroatoms. The Morgan fingerprint density at radius 2 is 2.23 bits per heavy atom. The number of nitrogens with one attached hydrogen (secondary N) is 1. The molecule has 0 spiro atoms. The van der Waals surface area contributed by atoms with Crippen LogP contribution in [-0.2, 0) is 9.84 Å². The van der Waals surface area contributed by atoms with Gasteiger partial charge in [0.1, 0.15) is 4.91 Å². The molecule has 1 rings (SSSR count). The number of hydrogen-bond acceptors (Lipinski definition) is 4. The summed E-state index contributed by atoms with van der Waals surface area (Å²) in [5.41, 5.74) is 0. The van der Waals surface area contributed by atoms with Crippen LogP contribution in [0.4, 0.5) is 4.39 Å². The van der Waals surface area contributed by atoms with E-state index in [4.69, 9.17) is 11.6 Å². The molecular weight excluding hydrogens is 219 g/mol. The first-order valence-electron chi connectivity index (χ1n) is 3.34. The summed E-state index contributed by atoms with van der Waals surface area (Å²) < 4.78 is 34.9. The summed E-state index contributed by atoms with van der Waals surface area (Å²) in [5, 5.41) is 0.806. The van der Waals surface area contributed by atoms with Gasteiger partial charge in [-0.25, -0.2) is 13.4 Å². The third-order valence-electron chi connectivity index (χ3n) is 1.38. The normalized spacial score (nSPS) is 28.9. The maximum Gasteiger partial charge on any atom is 0.210 e. The summed E-state index contributed by atoms with van der Waals surface area (Å²) in [7, 11) is -3.59. The van der Waals surface area contributed by atoms with E-state index in [0.29, 0.717) is 0 Å². The van der Waals surface area contributed by atoms with Crippen LogP contribution in [0.2, 0.25) is 0 Å². The number of allylic oxidation sites excluding steroid dienone is 1. The van der Waals surface area contributed by atoms with E-state index in [0.717, 1.165) is 12.5 Å². The van der Waals surface area contributed by atoms with Gasteiger partial charge in [-0.15, -0.1) is 0 Å². The second-order valence-corrected chi connectivity index (χ2v) is 5.51. The van der Waals surface area contributed by atoms with Crippen molar-refractivity contribution in [2.45, 2.75) is 12.0 Å². The third-order valence-corrected chi connectivity index (χ3v) is 2.65. The maximum atomic E-state index is 13.1. The molecule has 74 valence electrons. The molecule has 0 amide bonds. The van der Waals surface area contributed by atoms with Gasteiger partial charge < -0.3 is 5.32 Å². The van der Waals surface area contributed by atoms with Crippen LogP contribution < -0.4 is 5.32 Å². The Balaban J connectivity index is 3.13. The van der Waals surface area contributed by atoms with Gasteiger partial charge in [0.2, 0.25) is 11.1 Å². The number of halogens is 2. The fraction of sp³-hybridized carbons (Fsp3) is 0.500. The summed E-state index contributed by atoms with van der Waals surface area (Å²) in [5.74, 6) is -0.977. The molecule has 1 aliphatic rings. The molecular formula is C6H8ClFN2O2S. The molecule has 1 heterocycles. The Kier molecular flexibility index (Phi) is 2.38. The van der Waals surface area contributed by atoms with E-state index in [1.165, 1.54) is 6.92 Å².